The molecule has 0 atom stereocenters. The number of aliphatic carboxylic acids is 1. The van der Waals surface area contributed by atoms with Crippen molar-refractivity contribution in [3.8, 4) is 0 Å². The molecular weight excluding hydrogens is 494 g/mol. The molecule has 0 spiro atoms. The summed E-state index contributed by atoms with van der Waals surface area (Å²) in [6, 6.07) is 18.4. The highest BCUT2D eigenvalue weighted by atomic mass is 35.5. The molecule has 0 aliphatic heterocycles. The number of carbonyl (C=O) groups excluding carboxylic acids is 2. The van der Waals surface area contributed by atoms with Gasteiger partial charge in [-0.2, -0.15) is 0 Å². The van der Waals surface area contributed by atoms with Crippen LogP contribution < -0.4 is 5.32 Å². The maximum atomic E-state index is 13.1. The van der Waals surface area contributed by atoms with Crippen molar-refractivity contribution in [2.75, 3.05) is 11.2 Å². The summed E-state index contributed by atoms with van der Waals surface area (Å²) in [5.41, 5.74) is -0.717. The number of nitrogens with zero attached hydrogens (tertiary/aromatic N) is 2. The van der Waals surface area contributed by atoms with E-state index in [2.05, 4.69) is 15.5 Å². The monoisotopic (exact) mass is 515 g/mol. The highest BCUT2D eigenvalue weighted by Crippen LogP contribution is 2.28. The molecule has 11 heteroatoms. The highest BCUT2D eigenvalue weighted by Gasteiger charge is 2.36. The molecule has 1 aromatic heterocycles. The number of oxime groups is 1. The van der Waals surface area contributed by atoms with Crippen molar-refractivity contribution in [2.45, 2.75) is 25.6 Å². The van der Waals surface area contributed by atoms with E-state index >= 15 is 0 Å². The van der Waals surface area contributed by atoms with Gasteiger partial charge < -0.3 is 20.0 Å². The minimum atomic E-state index is -1.63. The van der Waals surface area contributed by atoms with Crippen LogP contribution in [0.3, 0.4) is 0 Å². The largest absolute Gasteiger partial charge is 0.476 e. The lowest BCUT2D eigenvalue weighted by atomic mass is 10.0. The molecule has 2 aromatic carbocycles. The second-order valence-corrected chi connectivity index (χ2v) is 8.80. The van der Waals surface area contributed by atoms with Crippen molar-refractivity contribution in [3.63, 3.8) is 0 Å². The minimum absolute atomic E-state index is 0.0528. The van der Waals surface area contributed by atoms with Gasteiger partial charge in [-0.25, -0.2) is 14.6 Å². The Morgan fingerprint density at radius 2 is 1.66 bits per heavy atom. The van der Waals surface area contributed by atoms with E-state index in [1.807, 2.05) is 60.7 Å². The molecule has 0 aliphatic rings. The summed E-state index contributed by atoms with van der Waals surface area (Å²) in [7, 11) is 0. The number of carboxylic acids is 1. The number of anilines is 1. The Morgan fingerprint density at radius 3 is 2.17 bits per heavy atom. The van der Waals surface area contributed by atoms with Crippen molar-refractivity contribution in [1.82, 2.24) is 4.98 Å². The molecule has 0 aliphatic carbocycles. The standard InChI is InChI=1S/C24H22ClN3O6S/c1-24(2,34-28-19(21(30)31)17-14-35-23(26-17)27-18(29)13-25)22(32)33-20(15-9-5-3-6-10-15)16-11-7-4-8-12-16/h3-12,14,20H,13H2,1-2H3,(H,30,31)(H,26,27,29)/b28-19-. The van der Waals surface area contributed by atoms with Crippen LogP contribution in [0.5, 0.6) is 0 Å². The van der Waals surface area contributed by atoms with Crippen molar-refractivity contribution in [1.29, 1.82) is 0 Å². The van der Waals surface area contributed by atoms with Crippen LogP contribution in [0.25, 0.3) is 0 Å². The van der Waals surface area contributed by atoms with Gasteiger partial charge in [0.05, 0.1) is 0 Å². The fourth-order valence-corrected chi connectivity index (χ4v) is 3.60. The second-order valence-electron chi connectivity index (χ2n) is 7.67. The molecule has 1 heterocycles. The fraction of sp³-hybridized carbons (Fsp3) is 0.208. The van der Waals surface area contributed by atoms with Gasteiger partial charge >= 0.3 is 11.9 Å². The van der Waals surface area contributed by atoms with E-state index in [1.165, 1.54) is 19.2 Å². The molecule has 3 rings (SSSR count). The van der Waals surface area contributed by atoms with E-state index in [1.54, 1.807) is 0 Å². The summed E-state index contributed by atoms with van der Waals surface area (Å²) in [6.07, 6.45) is -0.706. The van der Waals surface area contributed by atoms with Crippen molar-refractivity contribution >= 4 is 51.6 Å². The van der Waals surface area contributed by atoms with Crippen LogP contribution in [0.1, 0.15) is 36.8 Å². The Balaban J connectivity index is 1.80. The van der Waals surface area contributed by atoms with Crippen LogP contribution in [0, 0.1) is 0 Å². The molecule has 0 saturated carbocycles. The molecule has 1 amide bonds. The number of ether oxygens (including phenoxy) is 1. The number of hydrogen-bond donors (Lipinski definition) is 2. The van der Waals surface area contributed by atoms with Crippen molar-refractivity contribution in [3.05, 3.63) is 82.9 Å². The van der Waals surface area contributed by atoms with Crippen LogP contribution in [0.15, 0.2) is 71.2 Å². The number of aromatic nitrogens is 1. The third kappa shape index (κ3) is 6.87. The average molecular weight is 516 g/mol. The van der Waals surface area contributed by atoms with Crippen LogP contribution in [0.4, 0.5) is 5.13 Å². The molecule has 0 radical (unpaired) electrons. The number of carbonyl (C=O) groups is 3. The van der Waals surface area contributed by atoms with Crippen LogP contribution in [-0.2, 0) is 24.0 Å². The predicted molar refractivity (Wildman–Crippen MR) is 132 cm³/mol. The maximum absolute atomic E-state index is 13.1. The minimum Gasteiger partial charge on any atom is -0.476 e. The third-order valence-corrected chi connectivity index (χ3v) is 5.60. The first-order valence-electron chi connectivity index (χ1n) is 10.3. The normalized spacial score (nSPS) is 11.7. The van der Waals surface area contributed by atoms with E-state index in [4.69, 9.17) is 21.2 Å². The highest BCUT2D eigenvalue weighted by molar-refractivity contribution is 7.14. The number of nitrogens with one attached hydrogen (secondary N) is 1. The number of thiazole rings is 1. The topological polar surface area (TPSA) is 127 Å². The first kappa shape index (κ1) is 25.9. The van der Waals surface area contributed by atoms with Gasteiger partial charge in [0, 0.05) is 5.38 Å². The Morgan fingerprint density at radius 1 is 1.09 bits per heavy atom. The smallest absolute Gasteiger partial charge is 0.360 e. The lowest BCUT2D eigenvalue weighted by molar-refractivity contribution is -0.172. The van der Waals surface area contributed by atoms with Crippen molar-refractivity contribution in [2.24, 2.45) is 5.16 Å². The van der Waals surface area contributed by atoms with Gasteiger partial charge in [0.25, 0.3) is 0 Å². The number of amides is 1. The van der Waals surface area contributed by atoms with Crippen LogP contribution in [0.2, 0.25) is 0 Å². The zero-order valence-corrected chi connectivity index (χ0v) is 20.4. The molecule has 0 bridgehead atoms. The average Bonchev–Trinajstić information content (AvgIpc) is 3.30. The first-order valence-corrected chi connectivity index (χ1v) is 11.7. The Hall–Kier alpha value is -3.76. The summed E-state index contributed by atoms with van der Waals surface area (Å²) in [4.78, 5) is 45.6. The Labute approximate surface area is 210 Å². The van der Waals surface area contributed by atoms with Gasteiger partial charge in [-0.1, -0.05) is 65.8 Å². The number of esters is 1. The van der Waals surface area contributed by atoms with Crippen LogP contribution in [-0.4, -0.2) is 45.1 Å². The number of rotatable bonds is 10. The number of alkyl halides is 1. The summed E-state index contributed by atoms with van der Waals surface area (Å²) in [6.45, 7) is 2.83. The van der Waals surface area contributed by atoms with Gasteiger partial charge in [0.15, 0.2) is 11.2 Å². The Kier molecular flexibility index (Phi) is 8.56. The number of hydrogen-bond acceptors (Lipinski definition) is 8. The molecule has 2 N–H and O–H groups in total. The zero-order chi connectivity index (χ0) is 25.4. The van der Waals surface area contributed by atoms with Crippen molar-refractivity contribution < 1.29 is 29.1 Å². The number of halogens is 1. The fourth-order valence-electron chi connectivity index (χ4n) is 2.82. The molecular formula is C24H22ClN3O6S. The maximum Gasteiger partial charge on any atom is 0.360 e. The van der Waals surface area contributed by atoms with E-state index in [0.29, 0.717) is 0 Å². The molecule has 0 unspecified atom stereocenters. The van der Waals surface area contributed by atoms with E-state index in [0.717, 1.165) is 22.5 Å². The quantitative estimate of drug-likeness (QED) is 0.179. The van der Waals surface area contributed by atoms with Gasteiger partial charge in [-0.15, -0.1) is 22.9 Å². The lowest BCUT2D eigenvalue weighted by Crippen LogP contribution is -2.37. The first-order chi connectivity index (χ1) is 16.7. The predicted octanol–water partition coefficient (Wildman–Crippen LogP) is 4.24. The summed E-state index contributed by atoms with van der Waals surface area (Å²) < 4.78 is 5.79. The lowest BCUT2D eigenvalue weighted by Gasteiger charge is -2.25. The third-order valence-electron chi connectivity index (χ3n) is 4.60. The van der Waals surface area contributed by atoms with E-state index in [-0.39, 0.29) is 16.7 Å². The molecule has 3 aromatic rings. The molecule has 35 heavy (non-hydrogen) atoms. The van der Waals surface area contributed by atoms with E-state index in [9.17, 15) is 19.5 Å². The summed E-state index contributed by atoms with van der Waals surface area (Å²) in [5.74, 6) is -2.95. The summed E-state index contributed by atoms with van der Waals surface area (Å²) in [5, 5.41) is 17.2. The molecule has 9 nitrogen and oxygen atoms in total. The van der Waals surface area contributed by atoms with Gasteiger partial charge in [-0.3, -0.25) is 4.79 Å². The summed E-state index contributed by atoms with van der Waals surface area (Å²) >= 11 is 6.44. The SMILES string of the molecule is CC(C)(O/N=C(\C(=O)O)c1csc(NC(=O)CCl)n1)C(=O)OC(c1ccccc1)c1ccccc1. The second kappa shape index (κ2) is 11.6. The Bertz CT molecular complexity index is 1170. The van der Waals surface area contributed by atoms with Crippen LogP contribution >= 0.6 is 22.9 Å². The number of benzene rings is 2. The van der Waals surface area contributed by atoms with Gasteiger partial charge in [0.2, 0.25) is 17.2 Å². The van der Waals surface area contributed by atoms with E-state index < -0.39 is 35.3 Å². The van der Waals surface area contributed by atoms with Gasteiger partial charge in [0.1, 0.15) is 11.6 Å². The molecule has 0 saturated heterocycles. The zero-order valence-electron chi connectivity index (χ0n) is 18.8. The van der Waals surface area contributed by atoms with Gasteiger partial charge in [-0.05, 0) is 25.0 Å². The molecule has 182 valence electrons. The molecule has 0 fully saturated rings. The number of carboxylic acid groups (broad SMARTS) is 1.